The van der Waals surface area contributed by atoms with Crippen LogP contribution >= 0.6 is 0 Å². The number of carbonyl (C=O) groups is 2. The number of esters is 1. The van der Waals surface area contributed by atoms with Gasteiger partial charge in [0.15, 0.2) is 0 Å². The highest BCUT2D eigenvalue weighted by molar-refractivity contribution is 5.80. The largest absolute Gasteiger partial charge is 0.468 e. The van der Waals surface area contributed by atoms with Gasteiger partial charge in [-0.1, -0.05) is 30.3 Å². The number of methoxy groups -OCH3 is 1. The number of ether oxygens (including phenoxy) is 1. The van der Waals surface area contributed by atoms with Crippen LogP contribution in [0, 0.1) is 5.92 Å². The maximum absolute atomic E-state index is 11.7. The van der Waals surface area contributed by atoms with E-state index in [4.69, 9.17) is 4.74 Å². The molecule has 1 aliphatic carbocycles. The van der Waals surface area contributed by atoms with Crippen molar-refractivity contribution in [1.29, 1.82) is 0 Å². The molecule has 1 amide bonds. The van der Waals surface area contributed by atoms with Crippen LogP contribution < -0.4 is 10.6 Å². The predicted octanol–water partition coefficient (Wildman–Crippen LogP) is 0.844. The van der Waals surface area contributed by atoms with Crippen molar-refractivity contribution in [1.82, 2.24) is 10.6 Å². The lowest BCUT2D eigenvalue weighted by Crippen LogP contribution is -2.44. The maximum Gasteiger partial charge on any atom is 0.323 e. The minimum absolute atomic E-state index is 0.122. The molecule has 1 fully saturated rings. The first-order chi connectivity index (χ1) is 9.70. The highest BCUT2D eigenvalue weighted by Crippen LogP contribution is 2.33. The van der Waals surface area contributed by atoms with E-state index in [0.717, 1.165) is 18.4 Å². The van der Waals surface area contributed by atoms with Gasteiger partial charge in [0.05, 0.1) is 13.7 Å². The normalized spacial score (nSPS) is 15.4. The van der Waals surface area contributed by atoms with Crippen LogP contribution in [0.4, 0.5) is 0 Å². The molecule has 2 rings (SSSR count). The topological polar surface area (TPSA) is 67.4 Å². The molecule has 0 aliphatic heterocycles. The molecule has 0 heterocycles. The number of hydrogen-bond donors (Lipinski definition) is 2. The second kappa shape index (κ2) is 7.05. The lowest BCUT2D eigenvalue weighted by molar-refractivity contribution is -0.143. The highest BCUT2D eigenvalue weighted by Gasteiger charge is 2.36. The van der Waals surface area contributed by atoms with Crippen LogP contribution in [0.25, 0.3) is 0 Å². The SMILES string of the molecule is COC(=O)C(NCC(=O)NCc1ccccc1)C1CC1. The number of rotatable bonds is 7. The van der Waals surface area contributed by atoms with Gasteiger partial charge in [-0.3, -0.25) is 14.9 Å². The summed E-state index contributed by atoms with van der Waals surface area (Å²) in [6.07, 6.45) is 2.02. The van der Waals surface area contributed by atoms with Gasteiger partial charge < -0.3 is 10.1 Å². The number of hydrogen-bond acceptors (Lipinski definition) is 4. The molecule has 0 saturated heterocycles. The van der Waals surface area contributed by atoms with Crippen LogP contribution in [0.15, 0.2) is 30.3 Å². The van der Waals surface area contributed by atoms with E-state index < -0.39 is 0 Å². The van der Waals surface area contributed by atoms with E-state index in [2.05, 4.69) is 10.6 Å². The quantitative estimate of drug-likeness (QED) is 0.724. The lowest BCUT2D eigenvalue weighted by Gasteiger charge is -2.15. The Kier molecular flexibility index (Phi) is 5.12. The summed E-state index contributed by atoms with van der Waals surface area (Å²) in [6.45, 7) is 0.622. The third-order valence-electron chi connectivity index (χ3n) is 3.36. The highest BCUT2D eigenvalue weighted by atomic mass is 16.5. The first kappa shape index (κ1) is 14.5. The van der Waals surface area contributed by atoms with Crippen molar-refractivity contribution in [3.05, 3.63) is 35.9 Å². The summed E-state index contributed by atoms with van der Waals surface area (Å²) in [5, 5.41) is 5.80. The lowest BCUT2D eigenvalue weighted by atomic mass is 10.2. The van der Waals surface area contributed by atoms with Gasteiger partial charge in [-0.15, -0.1) is 0 Å². The standard InChI is InChI=1S/C15H20N2O3/c1-20-15(19)14(12-7-8-12)17-10-13(18)16-9-11-5-3-2-4-6-11/h2-6,12,14,17H,7-10H2,1H3,(H,16,18). The molecular weight excluding hydrogens is 256 g/mol. The average Bonchev–Trinajstić information content (AvgIpc) is 3.31. The Balaban J connectivity index is 1.72. The molecule has 1 unspecified atom stereocenters. The number of benzene rings is 1. The second-order valence-corrected chi connectivity index (χ2v) is 4.98. The van der Waals surface area contributed by atoms with Crippen molar-refractivity contribution in [3.8, 4) is 0 Å². The van der Waals surface area contributed by atoms with Gasteiger partial charge >= 0.3 is 5.97 Å². The summed E-state index contributed by atoms with van der Waals surface area (Å²) in [4.78, 5) is 23.3. The van der Waals surface area contributed by atoms with Crippen LogP contribution in [-0.2, 0) is 20.9 Å². The molecule has 20 heavy (non-hydrogen) atoms. The van der Waals surface area contributed by atoms with Crippen molar-refractivity contribution in [2.75, 3.05) is 13.7 Å². The van der Waals surface area contributed by atoms with Crippen molar-refractivity contribution in [2.24, 2.45) is 5.92 Å². The molecule has 5 heteroatoms. The predicted molar refractivity (Wildman–Crippen MR) is 74.8 cm³/mol. The summed E-state index contributed by atoms with van der Waals surface area (Å²) in [7, 11) is 1.37. The smallest absolute Gasteiger partial charge is 0.323 e. The van der Waals surface area contributed by atoms with Crippen molar-refractivity contribution in [3.63, 3.8) is 0 Å². The molecule has 0 bridgehead atoms. The fourth-order valence-corrected chi connectivity index (χ4v) is 2.06. The van der Waals surface area contributed by atoms with Gasteiger partial charge in [0.2, 0.25) is 5.91 Å². The molecule has 5 nitrogen and oxygen atoms in total. The summed E-state index contributed by atoms with van der Waals surface area (Å²) in [5.74, 6) is -0.101. The summed E-state index contributed by atoms with van der Waals surface area (Å²) in [5.41, 5.74) is 1.05. The Morgan fingerprint density at radius 1 is 1.30 bits per heavy atom. The molecule has 0 spiro atoms. The van der Waals surface area contributed by atoms with Crippen LogP contribution in [0.2, 0.25) is 0 Å². The molecular formula is C15H20N2O3. The molecule has 1 aliphatic rings. The minimum Gasteiger partial charge on any atom is -0.468 e. The summed E-state index contributed by atoms with van der Waals surface area (Å²) in [6, 6.07) is 9.34. The Labute approximate surface area is 118 Å². The van der Waals surface area contributed by atoms with Crippen LogP contribution in [0.3, 0.4) is 0 Å². The Morgan fingerprint density at radius 2 is 2.00 bits per heavy atom. The van der Waals surface area contributed by atoms with Crippen LogP contribution in [0.1, 0.15) is 18.4 Å². The van der Waals surface area contributed by atoms with Gasteiger partial charge in [0.1, 0.15) is 6.04 Å². The fraction of sp³-hybridized carbons (Fsp3) is 0.467. The minimum atomic E-state index is -0.359. The molecule has 1 aromatic carbocycles. The average molecular weight is 276 g/mol. The molecule has 2 N–H and O–H groups in total. The van der Waals surface area contributed by atoms with Crippen molar-refractivity contribution >= 4 is 11.9 Å². The zero-order valence-electron chi connectivity index (χ0n) is 11.6. The van der Waals surface area contributed by atoms with Crippen molar-refractivity contribution < 1.29 is 14.3 Å². The van der Waals surface area contributed by atoms with Gasteiger partial charge in [-0.25, -0.2) is 0 Å². The third kappa shape index (κ3) is 4.35. The monoisotopic (exact) mass is 276 g/mol. The Hall–Kier alpha value is -1.88. The van der Waals surface area contributed by atoms with E-state index in [1.54, 1.807) is 0 Å². The fourth-order valence-electron chi connectivity index (χ4n) is 2.06. The van der Waals surface area contributed by atoms with Gasteiger partial charge in [-0.05, 0) is 24.3 Å². The number of amides is 1. The molecule has 108 valence electrons. The van der Waals surface area contributed by atoms with E-state index in [-0.39, 0.29) is 24.5 Å². The van der Waals surface area contributed by atoms with Gasteiger partial charge in [0.25, 0.3) is 0 Å². The van der Waals surface area contributed by atoms with Gasteiger partial charge in [-0.2, -0.15) is 0 Å². The molecule has 1 atom stereocenters. The molecule has 0 radical (unpaired) electrons. The molecule has 1 saturated carbocycles. The van der Waals surface area contributed by atoms with E-state index in [1.165, 1.54) is 7.11 Å². The first-order valence-electron chi connectivity index (χ1n) is 6.82. The summed E-state index contributed by atoms with van der Waals surface area (Å²) >= 11 is 0. The zero-order valence-corrected chi connectivity index (χ0v) is 11.6. The maximum atomic E-state index is 11.7. The third-order valence-corrected chi connectivity index (χ3v) is 3.36. The first-order valence-corrected chi connectivity index (χ1v) is 6.82. The Morgan fingerprint density at radius 3 is 2.60 bits per heavy atom. The number of nitrogens with one attached hydrogen (secondary N) is 2. The molecule has 0 aromatic heterocycles. The van der Waals surface area contributed by atoms with E-state index in [1.807, 2.05) is 30.3 Å². The Bertz CT molecular complexity index is 457. The van der Waals surface area contributed by atoms with E-state index >= 15 is 0 Å². The van der Waals surface area contributed by atoms with Crippen LogP contribution in [-0.4, -0.2) is 31.6 Å². The second-order valence-electron chi connectivity index (χ2n) is 4.98. The van der Waals surface area contributed by atoms with Gasteiger partial charge in [0, 0.05) is 6.54 Å². The van der Waals surface area contributed by atoms with E-state index in [9.17, 15) is 9.59 Å². The summed E-state index contributed by atoms with van der Waals surface area (Å²) < 4.78 is 4.74. The van der Waals surface area contributed by atoms with E-state index in [0.29, 0.717) is 12.5 Å². The number of carbonyl (C=O) groups excluding carboxylic acids is 2. The van der Waals surface area contributed by atoms with Crippen LogP contribution in [0.5, 0.6) is 0 Å². The zero-order chi connectivity index (χ0) is 14.4. The molecule has 1 aromatic rings. The van der Waals surface area contributed by atoms with Crippen molar-refractivity contribution in [2.45, 2.75) is 25.4 Å².